The summed E-state index contributed by atoms with van der Waals surface area (Å²) in [5.74, 6) is -1.37. The van der Waals surface area contributed by atoms with Crippen molar-refractivity contribution in [2.45, 2.75) is 64.0 Å². The van der Waals surface area contributed by atoms with Crippen LogP contribution in [0.4, 0.5) is 14.6 Å². The number of hydrogen-bond donors (Lipinski definition) is 1. The van der Waals surface area contributed by atoms with Gasteiger partial charge in [0.25, 0.3) is 11.5 Å². The second-order valence-electron chi connectivity index (χ2n) is 11.6. The second-order valence-corrected chi connectivity index (χ2v) is 11.6. The molecule has 0 bridgehead atoms. The lowest BCUT2D eigenvalue weighted by Gasteiger charge is -2.35. The fourth-order valence-electron chi connectivity index (χ4n) is 5.55. The number of hydrogen-bond acceptors (Lipinski definition) is 6. The van der Waals surface area contributed by atoms with Gasteiger partial charge in [-0.25, -0.2) is 13.5 Å². The fraction of sp³-hybridized carbons (Fsp3) is 0.548. The lowest BCUT2D eigenvalue weighted by Crippen LogP contribution is -2.37. The lowest BCUT2D eigenvalue weighted by molar-refractivity contribution is -0.0188. The van der Waals surface area contributed by atoms with E-state index in [0.29, 0.717) is 40.8 Å². The summed E-state index contributed by atoms with van der Waals surface area (Å²) < 4.78 is 37.0. The van der Waals surface area contributed by atoms with Gasteiger partial charge in [-0.1, -0.05) is 18.2 Å². The van der Waals surface area contributed by atoms with Crippen molar-refractivity contribution in [3.8, 4) is 5.75 Å². The molecule has 3 aromatic rings. The smallest absolute Gasteiger partial charge is 0.274 e. The Hall–Kier alpha value is -3.04. The van der Waals surface area contributed by atoms with Crippen LogP contribution in [0.3, 0.4) is 0 Å². The summed E-state index contributed by atoms with van der Waals surface area (Å²) in [5, 5.41) is 9.19. The van der Waals surface area contributed by atoms with Gasteiger partial charge in [0.2, 0.25) is 0 Å². The molecule has 7 nitrogen and oxygen atoms in total. The molecule has 40 heavy (non-hydrogen) atoms. The molecule has 0 amide bonds. The van der Waals surface area contributed by atoms with Gasteiger partial charge in [-0.05, 0) is 96.0 Å². The van der Waals surface area contributed by atoms with Crippen molar-refractivity contribution in [3.05, 3.63) is 63.4 Å². The Kier molecular flexibility index (Phi) is 9.15. The number of piperidine rings is 1. The summed E-state index contributed by atoms with van der Waals surface area (Å²) in [7, 11) is 6.84. The van der Waals surface area contributed by atoms with Crippen LogP contribution in [0.25, 0.3) is 10.8 Å². The number of rotatable bonds is 10. The van der Waals surface area contributed by atoms with Crippen LogP contribution in [0.1, 0.15) is 68.7 Å². The molecule has 218 valence electrons. The minimum Gasteiger partial charge on any atom is -0.496 e. The van der Waals surface area contributed by atoms with Crippen molar-refractivity contribution >= 4 is 16.6 Å². The Labute approximate surface area is 236 Å². The van der Waals surface area contributed by atoms with E-state index < -0.39 is 5.92 Å². The van der Waals surface area contributed by atoms with Gasteiger partial charge >= 0.3 is 0 Å². The van der Waals surface area contributed by atoms with Gasteiger partial charge in [-0.2, -0.15) is 5.10 Å². The van der Waals surface area contributed by atoms with Gasteiger partial charge in [0, 0.05) is 37.0 Å². The molecule has 1 aliphatic heterocycles. The topological polar surface area (TPSA) is 62.6 Å². The van der Waals surface area contributed by atoms with E-state index >= 15 is 0 Å². The number of alkyl halides is 2. The van der Waals surface area contributed by atoms with E-state index in [1.807, 2.05) is 25.1 Å². The first-order valence-electron chi connectivity index (χ1n) is 14.1. The predicted octanol–water partition coefficient (Wildman–Crippen LogP) is 5.75. The number of nitrogens with one attached hydrogen (secondary N) is 1. The number of benzene rings is 2. The van der Waals surface area contributed by atoms with Crippen molar-refractivity contribution in [2.75, 3.05) is 46.2 Å². The number of ether oxygens (including phenoxy) is 1. The molecule has 0 spiro atoms. The van der Waals surface area contributed by atoms with E-state index in [1.165, 1.54) is 10.7 Å². The van der Waals surface area contributed by atoms with Crippen molar-refractivity contribution < 1.29 is 13.5 Å². The first-order chi connectivity index (χ1) is 18.9. The van der Waals surface area contributed by atoms with Crippen LogP contribution in [0, 0.1) is 0 Å². The molecule has 1 atom stereocenters. The van der Waals surface area contributed by atoms with E-state index in [-0.39, 0.29) is 23.6 Å². The first kappa shape index (κ1) is 29.9. The average Bonchev–Trinajstić information content (AvgIpc) is 2.94. The highest BCUT2D eigenvalue weighted by molar-refractivity contribution is 5.93. The van der Waals surface area contributed by atoms with E-state index in [2.05, 4.69) is 29.2 Å². The molecule has 1 saturated heterocycles. The molecule has 1 fully saturated rings. The van der Waals surface area contributed by atoms with E-state index in [0.717, 1.165) is 37.1 Å². The molecule has 0 unspecified atom stereocenters. The monoisotopic (exact) mass is 555 g/mol. The number of aryl methyl sites for hydroxylation is 1. The van der Waals surface area contributed by atoms with E-state index in [9.17, 15) is 13.6 Å². The number of anilines is 1. The Morgan fingerprint density at radius 3 is 2.45 bits per heavy atom. The van der Waals surface area contributed by atoms with Gasteiger partial charge in [0.15, 0.2) is 5.82 Å². The van der Waals surface area contributed by atoms with Gasteiger partial charge in [-0.3, -0.25) is 4.79 Å². The molecular weight excluding hydrogens is 512 g/mol. The van der Waals surface area contributed by atoms with Crippen molar-refractivity contribution in [3.63, 3.8) is 0 Å². The molecule has 4 rings (SSSR count). The number of likely N-dealkylation sites (tertiary alicyclic amines) is 1. The van der Waals surface area contributed by atoms with Crippen molar-refractivity contribution in [2.24, 2.45) is 7.05 Å². The quantitative estimate of drug-likeness (QED) is 0.344. The largest absolute Gasteiger partial charge is 0.496 e. The summed E-state index contributed by atoms with van der Waals surface area (Å²) in [6, 6.07) is 10.6. The highest BCUT2D eigenvalue weighted by Crippen LogP contribution is 2.39. The van der Waals surface area contributed by atoms with Gasteiger partial charge in [0.05, 0.1) is 18.5 Å². The van der Waals surface area contributed by atoms with Crippen LogP contribution in [-0.4, -0.2) is 66.5 Å². The maximum atomic E-state index is 14.9. The predicted molar refractivity (Wildman–Crippen MR) is 158 cm³/mol. The number of methoxy groups -OCH3 is 1. The molecule has 0 aliphatic carbocycles. The number of aromatic nitrogens is 2. The van der Waals surface area contributed by atoms with Gasteiger partial charge in [-0.15, -0.1) is 0 Å². The minimum absolute atomic E-state index is 0.00135. The molecule has 1 N–H and O–H groups in total. The van der Waals surface area contributed by atoms with Crippen molar-refractivity contribution in [1.29, 1.82) is 0 Å². The van der Waals surface area contributed by atoms with E-state index in [4.69, 9.17) is 4.74 Å². The SMILES string of the molecule is COc1cc2c(=O)n(C)nc(N[C@H](C)c3cccc(C(F)(F)CCN(C)C)c3)c2cc1C1CCN(C(C)C)CC1. The zero-order valence-electron chi connectivity index (χ0n) is 24.8. The maximum Gasteiger partial charge on any atom is 0.274 e. The Morgan fingerprint density at radius 1 is 1.12 bits per heavy atom. The number of nitrogens with zero attached hydrogens (tertiary/aromatic N) is 4. The van der Waals surface area contributed by atoms with Gasteiger partial charge < -0.3 is 19.9 Å². The molecular formula is C31H43F2N5O2. The summed E-state index contributed by atoms with van der Waals surface area (Å²) in [6.07, 6.45) is 1.76. The Bertz CT molecular complexity index is 1380. The van der Waals surface area contributed by atoms with Crippen molar-refractivity contribution in [1.82, 2.24) is 19.6 Å². The molecule has 9 heteroatoms. The highest BCUT2D eigenvalue weighted by Gasteiger charge is 2.32. The Balaban J connectivity index is 1.68. The van der Waals surface area contributed by atoms with Gasteiger partial charge in [0.1, 0.15) is 5.75 Å². The summed E-state index contributed by atoms with van der Waals surface area (Å²) >= 11 is 0. The third-order valence-corrected chi connectivity index (χ3v) is 8.13. The van der Waals surface area contributed by atoms with Crippen LogP contribution in [0.15, 0.2) is 41.2 Å². The summed E-state index contributed by atoms with van der Waals surface area (Å²) in [5.41, 5.74) is 1.58. The zero-order valence-corrected chi connectivity index (χ0v) is 24.8. The van der Waals surface area contributed by atoms with Crippen LogP contribution < -0.4 is 15.6 Å². The summed E-state index contributed by atoms with van der Waals surface area (Å²) in [6.45, 7) is 8.67. The molecule has 2 heterocycles. The van der Waals surface area contributed by atoms with Crippen LogP contribution in [0.2, 0.25) is 0 Å². The third-order valence-electron chi connectivity index (χ3n) is 8.13. The lowest BCUT2D eigenvalue weighted by atomic mass is 9.87. The average molecular weight is 556 g/mol. The van der Waals surface area contributed by atoms with Crippen LogP contribution in [-0.2, 0) is 13.0 Å². The summed E-state index contributed by atoms with van der Waals surface area (Å²) in [4.78, 5) is 17.3. The van der Waals surface area contributed by atoms with Crippen LogP contribution >= 0.6 is 0 Å². The number of halogens is 2. The molecule has 2 aromatic carbocycles. The molecule has 1 aliphatic rings. The molecule has 0 saturated carbocycles. The third kappa shape index (κ3) is 6.47. The fourth-order valence-corrected chi connectivity index (χ4v) is 5.55. The number of fused-ring (bicyclic) bond motifs is 1. The zero-order chi connectivity index (χ0) is 29.2. The molecule has 1 aromatic heterocycles. The highest BCUT2D eigenvalue weighted by atomic mass is 19.3. The first-order valence-corrected chi connectivity index (χ1v) is 14.1. The van der Waals surface area contributed by atoms with E-state index in [1.54, 1.807) is 45.3 Å². The molecule has 0 radical (unpaired) electrons. The second kappa shape index (κ2) is 12.2. The standard InChI is InChI=1S/C31H43F2N5O2/c1-20(2)38-14-11-22(12-15-38)25-18-26-27(19-28(25)40-7)30(39)37(6)35-29(26)34-21(3)23-9-8-10-24(17-23)31(32,33)13-16-36(4)5/h8-10,17-22H,11-16H2,1-7H3,(H,34,35)/t21-/m1/s1. The maximum absolute atomic E-state index is 14.9. The Morgan fingerprint density at radius 2 is 1.82 bits per heavy atom. The minimum atomic E-state index is -2.93. The van der Waals surface area contributed by atoms with Crippen LogP contribution in [0.5, 0.6) is 5.75 Å². The normalized spacial score (nSPS) is 16.2.